The fourth-order valence-electron chi connectivity index (χ4n) is 2.03. The molecule has 2 aromatic rings. The number of ether oxygens (including phenoxy) is 1. The number of thiazole rings is 1. The van der Waals surface area contributed by atoms with Gasteiger partial charge in [-0.1, -0.05) is 11.3 Å². The van der Waals surface area contributed by atoms with Gasteiger partial charge in [-0.2, -0.15) is 24.5 Å². The Morgan fingerprint density at radius 3 is 2.90 bits per heavy atom. The van der Waals surface area contributed by atoms with Crippen molar-refractivity contribution < 1.29 is 17.9 Å². The molecule has 0 spiro atoms. The molecular weight excluding hydrogens is 309 g/mol. The highest BCUT2D eigenvalue weighted by Gasteiger charge is 2.34. The van der Waals surface area contributed by atoms with Crippen molar-refractivity contribution in [3.63, 3.8) is 0 Å². The largest absolute Gasteiger partial charge is 0.427 e. The Balaban J connectivity index is 1.75. The molecule has 3 rings (SSSR count). The summed E-state index contributed by atoms with van der Waals surface area (Å²) in [5.41, 5.74) is 1.06. The first kappa shape index (κ1) is 13.8. The SMILES string of the molecule is FC(F)(F)c1cnc(N2CCO[C@H](c3ccsc3)C2)s1. The van der Waals surface area contributed by atoms with Gasteiger partial charge < -0.3 is 9.64 Å². The van der Waals surface area contributed by atoms with Crippen molar-refractivity contribution in [3.8, 4) is 0 Å². The number of halogens is 3. The van der Waals surface area contributed by atoms with Gasteiger partial charge >= 0.3 is 6.18 Å². The predicted octanol–water partition coefficient (Wildman–Crippen LogP) is 3.80. The molecule has 0 N–H and O–H groups in total. The first-order valence-corrected chi connectivity index (χ1v) is 7.71. The molecule has 1 aliphatic rings. The van der Waals surface area contributed by atoms with Gasteiger partial charge in [0.2, 0.25) is 0 Å². The van der Waals surface area contributed by atoms with Crippen LogP contribution in [0.5, 0.6) is 0 Å². The minimum atomic E-state index is -4.32. The average Bonchev–Trinajstić information content (AvgIpc) is 3.10. The molecule has 1 atom stereocenters. The highest BCUT2D eigenvalue weighted by molar-refractivity contribution is 7.15. The van der Waals surface area contributed by atoms with E-state index >= 15 is 0 Å². The molecule has 3 heterocycles. The zero-order valence-electron chi connectivity index (χ0n) is 10.3. The summed E-state index contributed by atoms with van der Waals surface area (Å²) in [6.45, 7) is 1.58. The van der Waals surface area contributed by atoms with Crippen LogP contribution in [0.25, 0.3) is 0 Å². The number of morpholine rings is 1. The van der Waals surface area contributed by atoms with Crippen LogP contribution in [0.4, 0.5) is 18.3 Å². The third-order valence-electron chi connectivity index (χ3n) is 3.02. The summed E-state index contributed by atoms with van der Waals surface area (Å²) in [5.74, 6) is 0. The summed E-state index contributed by atoms with van der Waals surface area (Å²) in [7, 11) is 0. The lowest BCUT2D eigenvalue weighted by molar-refractivity contribution is -0.134. The van der Waals surface area contributed by atoms with Crippen molar-refractivity contribution in [1.82, 2.24) is 4.98 Å². The van der Waals surface area contributed by atoms with Crippen LogP contribution in [0.1, 0.15) is 16.5 Å². The van der Waals surface area contributed by atoms with Crippen LogP contribution in [0, 0.1) is 0 Å². The van der Waals surface area contributed by atoms with Crippen LogP contribution in [0.15, 0.2) is 23.0 Å². The van der Waals surface area contributed by atoms with Crippen LogP contribution in [0.3, 0.4) is 0 Å². The molecule has 1 saturated heterocycles. The standard InChI is InChI=1S/C12H11F3N2OS2/c13-12(14,15)10-5-16-11(20-10)17-2-3-18-9(6-17)8-1-4-19-7-8/h1,4-5,7,9H,2-3,6H2/t9-/m0/s1. The van der Waals surface area contributed by atoms with Gasteiger partial charge in [0.05, 0.1) is 19.3 Å². The summed E-state index contributed by atoms with van der Waals surface area (Å²) in [6.07, 6.45) is -3.53. The summed E-state index contributed by atoms with van der Waals surface area (Å²) in [4.78, 5) is 5.09. The van der Waals surface area contributed by atoms with E-state index in [1.54, 1.807) is 11.3 Å². The van der Waals surface area contributed by atoms with E-state index < -0.39 is 11.1 Å². The molecule has 0 bridgehead atoms. The molecule has 20 heavy (non-hydrogen) atoms. The van der Waals surface area contributed by atoms with Crippen molar-refractivity contribution in [2.75, 3.05) is 24.6 Å². The van der Waals surface area contributed by atoms with E-state index in [0.29, 0.717) is 36.2 Å². The van der Waals surface area contributed by atoms with Crippen molar-refractivity contribution >= 4 is 27.8 Å². The third-order valence-corrected chi connectivity index (χ3v) is 4.83. The van der Waals surface area contributed by atoms with Gasteiger partial charge in [-0.15, -0.1) is 0 Å². The van der Waals surface area contributed by atoms with E-state index in [9.17, 15) is 13.2 Å². The molecular formula is C12H11F3N2OS2. The van der Waals surface area contributed by atoms with Crippen LogP contribution >= 0.6 is 22.7 Å². The molecule has 0 aromatic carbocycles. The number of thiophene rings is 1. The molecule has 1 aliphatic heterocycles. The number of alkyl halides is 3. The van der Waals surface area contributed by atoms with Crippen molar-refractivity contribution in [2.45, 2.75) is 12.3 Å². The van der Waals surface area contributed by atoms with Gasteiger partial charge in [-0.05, 0) is 22.4 Å². The molecule has 0 radical (unpaired) electrons. The summed E-state index contributed by atoms with van der Waals surface area (Å²) >= 11 is 2.26. The lowest BCUT2D eigenvalue weighted by Gasteiger charge is -2.32. The summed E-state index contributed by atoms with van der Waals surface area (Å²) in [5, 5.41) is 4.36. The summed E-state index contributed by atoms with van der Waals surface area (Å²) in [6, 6.07) is 1.97. The maximum Gasteiger partial charge on any atom is 0.427 e. The zero-order chi connectivity index (χ0) is 14.2. The molecule has 0 unspecified atom stereocenters. The van der Waals surface area contributed by atoms with Gasteiger partial charge in [-0.25, -0.2) is 4.98 Å². The van der Waals surface area contributed by atoms with Gasteiger partial charge in [0.25, 0.3) is 0 Å². The second kappa shape index (κ2) is 5.34. The predicted molar refractivity (Wildman–Crippen MR) is 72.3 cm³/mol. The van der Waals surface area contributed by atoms with Gasteiger partial charge in [0, 0.05) is 6.54 Å². The number of rotatable bonds is 2. The van der Waals surface area contributed by atoms with Crippen LogP contribution in [-0.2, 0) is 10.9 Å². The second-order valence-corrected chi connectivity index (χ2v) is 6.16. The van der Waals surface area contributed by atoms with E-state index in [-0.39, 0.29) is 6.10 Å². The minimum Gasteiger partial charge on any atom is -0.370 e. The van der Waals surface area contributed by atoms with Gasteiger partial charge in [-0.3, -0.25) is 0 Å². The fraction of sp³-hybridized carbons (Fsp3) is 0.417. The fourth-order valence-corrected chi connectivity index (χ4v) is 3.54. The highest BCUT2D eigenvalue weighted by Crippen LogP contribution is 2.37. The van der Waals surface area contributed by atoms with Crippen LogP contribution in [-0.4, -0.2) is 24.7 Å². The van der Waals surface area contributed by atoms with Crippen molar-refractivity contribution in [2.24, 2.45) is 0 Å². The van der Waals surface area contributed by atoms with Gasteiger partial charge in [0.1, 0.15) is 11.0 Å². The van der Waals surface area contributed by atoms with Crippen molar-refractivity contribution in [1.29, 1.82) is 0 Å². The van der Waals surface area contributed by atoms with Crippen LogP contribution in [0.2, 0.25) is 0 Å². The first-order chi connectivity index (χ1) is 9.54. The molecule has 1 fully saturated rings. The smallest absolute Gasteiger partial charge is 0.370 e. The maximum absolute atomic E-state index is 12.6. The Hall–Kier alpha value is -1.12. The van der Waals surface area contributed by atoms with E-state index in [1.807, 2.05) is 21.7 Å². The quantitative estimate of drug-likeness (QED) is 0.841. The van der Waals surface area contributed by atoms with E-state index in [4.69, 9.17) is 4.74 Å². The molecule has 0 saturated carbocycles. The van der Waals surface area contributed by atoms with E-state index in [1.165, 1.54) is 0 Å². The minimum absolute atomic E-state index is 0.103. The summed E-state index contributed by atoms with van der Waals surface area (Å²) < 4.78 is 43.5. The molecule has 3 nitrogen and oxygen atoms in total. The lowest BCUT2D eigenvalue weighted by atomic mass is 10.1. The average molecular weight is 320 g/mol. The van der Waals surface area contributed by atoms with E-state index in [0.717, 1.165) is 11.8 Å². The van der Waals surface area contributed by atoms with E-state index in [2.05, 4.69) is 4.98 Å². The Bertz CT molecular complexity index is 568. The number of aromatic nitrogens is 1. The Kier molecular flexibility index (Phi) is 3.70. The molecule has 8 heteroatoms. The normalized spacial score (nSPS) is 20.4. The maximum atomic E-state index is 12.6. The Morgan fingerprint density at radius 1 is 1.40 bits per heavy atom. The number of anilines is 1. The molecule has 2 aromatic heterocycles. The number of hydrogen-bond donors (Lipinski definition) is 0. The molecule has 0 amide bonds. The first-order valence-electron chi connectivity index (χ1n) is 5.96. The van der Waals surface area contributed by atoms with Crippen LogP contribution < -0.4 is 4.90 Å². The highest BCUT2D eigenvalue weighted by atomic mass is 32.1. The third kappa shape index (κ3) is 2.82. The van der Waals surface area contributed by atoms with Crippen molar-refractivity contribution in [3.05, 3.63) is 33.5 Å². The number of hydrogen-bond acceptors (Lipinski definition) is 5. The second-order valence-electron chi connectivity index (χ2n) is 4.37. The Labute approximate surface area is 121 Å². The van der Waals surface area contributed by atoms with Gasteiger partial charge in [0.15, 0.2) is 5.13 Å². The Morgan fingerprint density at radius 2 is 2.25 bits per heavy atom. The topological polar surface area (TPSA) is 25.4 Å². The monoisotopic (exact) mass is 320 g/mol. The number of nitrogens with zero attached hydrogens (tertiary/aromatic N) is 2. The molecule has 0 aliphatic carbocycles. The molecule has 108 valence electrons. The zero-order valence-corrected chi connectivity index (χ0v) is 11.9. The lowest BCUT2D eigenvalue weighted by Crippen LogP contribution is -2.38.